The first-order chi connectivity index (χ1) is 13.0. The summed E-state index contributed by atoms with van der Waals surface area (Å²) in [5, 5.41) is 7.62. The maximum atomic E-state index is 12.9. The zero-order valence-electron chi connectivity index (χ0n) is 15.7. The van der Waals surface area contributed by atoms with E-state index in [1.807, 2.05) is 37.4 Å². The molecule has 0 saturated carbocycles. The number of benzene rings is 1. The van der Waals surface area contributed by atoms with Gasteiger partial charge < -0.3 is 25.4 Å². The van der Waals surface area contributed by atoms with E-state index in [9.17, 15) is 9.59 Å². The van der Waals surface area contributed by atoms with Gasteiger partial charge in [-0.25, -0.2) is 5.43 Å². The van der Waals surface area contributed by atoms with Crippen molar-refractivity contribution >= 4 is 23.2 Å². The lowest BCUT2D eigenvalue weighted by atomic mass is 10.1. The van der Waals surface area contributed by atoms with Gasteiger partial charge in [0.2, 0.25) is 11.8 Å². The molecule has 0 aromatic heterocycles. The Kier molecular flexibility index (Phi) is 4.75. The summed E-state index contributed by atoms with van der Waals surface area (Å²) >= 11 is 0. The van der Waals surface area contributed by atoms with Crippen LogP contribution in [0.2, 0.25) is 0 Å². The Labute approximate surface area is 159 Å². The molecule has 0 bridgehead atoms. The molecule has 3 aliphatic heterocycles. The smallest absolute Gasteiger partial charge is 0.248 e. The van der Waals surface area contributed by atoms with Gasteiger partial charge in [-0.2, -0.15) is 0 Å². The predicted octanol–water partition coefficient (Wildman–Crippen LogP) is 0.316. The Morgan fingerprint density at radius 1 is 1.19 bits per heavy atom. The zero-order valence-corrected chi connectivity index (χ0v) is 15.7. The van der Waals surface area contributed by atoms with Crippen LogP contribution in [0, 0.1) is 0 Å². The van der Waals surface area contributed by atoms with E-state index in [0.717, 1.165) is 43.3 Å². The second kappa shape index (κ2) is 7.21. The second-order valence-electron chi connectivity index (χ2n) is 7.44. The fourth-order valence-corrected chi connectivity index (χ4v) is 3.83. The number of amides is 2. The summed E-state index contributed by atoms with van der Waals surface area (Å²) < 4.78 is 0. The number of nitrogens with zero attached hydrogens (tertiary/aromatic N) is 3. The van der Waals surface area contributed by atoms with Crippen LogP contribution in [0.3, 0.4) is 0 Å². The number of carbonyl (C=O) groups excluding carboxylic acids is 2. The van der Waals surface area contributed by atoms with Crippen molar-refractivity contribution in [1.29, 1.82) is 0 Å². The van der Waals surface area contributed by atoms with Crippen LogP contribution in [-0.2, 0) is 9.59 Å². The van der Waals surface area contributed by atoms with Gasteiger partial charge in [0.25, 0.3) is 0 Å². The van der Waals surface area contributed by atoms with Crippen molar-refractivity contribution in [2.75, 3.05) is 43.4 Å². The monoisotopic (exact) mass is 370 g/mol. The Morgan fingerprint density at radius 3 is 2.70 bits per heavy atom. The Hall–Kier alpha value is -2.58. The molecule has 2 saturated heterocycles. The molecule has 1 aromatic rings. The average molecular weight is 370 g/mol. The third kappa shape index (κ3) is 3.63. The lowest BCUT2D eigenvalue weighted by Gasteiger charge is -2.35. The maximum absolute atomic E-state index is 12.9. The first-order valence-electron chi connectivity index (χ1n) is 9.38. The van der Waals surface area contributed by atoms with Crippen LogP contribution in [-0.4, -0.2) is 67.0 Å². The van der Waals surface area contributed by atoms with Crippen molar-refractivity contribution in [3.8, 4) is 0 Å². The summed E-state index contributed by atoms with van der Waals surface area (Å²) in [5.41, 5.74) is 5.77. The molecule has 2 atom stereocenters. The number of anilines is 2. The third-order valence-electron chi connectivity index (χ3n) is 5.38. The van der Waals surface area contributed by atoms with E-state index in [1.165, 1.54) is 0 Å². The number of hydrogen-bond acceptors (Lipinski definition) is 6. The Balaban J connectivity index is 1.46. The topological polar surface area (TPSA) is 80.0 Å². The van der Waals surface area contributed by atoms with Gasteiger partial charge in [0.15, 0.2) is 0 Å². The summed E-state index contributed by atoms with van der Waals surface area (Å²) in [7, 11) is 2.12. The van der Waals surface area contributed by atoms with E-state index in [-0.39, 0.29) is 17.9 Å². The number of likely N-dealkylation sites (N-methyl/N-ethyl adjacent to an activating group) is 1. The largest absolute Gasteiger partial charge is 0.367 e. The van der Waals surface area contributed by atoms with Gasteiger partial charge in [0, 0.05) is 44.5 Å². The molecule has 0 radical (unpaired) electrons. The minimum atomic E-state index is -0.441. The van der Waals surface area contributed by atoms with Crippen molar-refractivity contribution < 1.29 is 9.59 Å². The molecule has 2 unspecified atom stereocenters. The number of para-hydroxylation sites is 2. The van der Waals surface area contributed by atoms with Gasteiger partial charge in [0.1, 0.15) is 12.1 Å². The van der Waals surface area contributed by atoms with E-state index in [2.05, 4.69) is 32.9 Å². The lowest BCUT2D eigenvalue weighted by molar-refractivity contribution is -0.125. The van der Waals surface area contributed by atoms with Crippen molar-refractivity contribution in [2.45, 2.75) is 25.4 Å². The van der Waals surface area contributed by atoms with Crippen LogP contribution in [0.4, 0.5) is 11.4 Å². The van der Waals surface area contributed by atoms with E-state index in [0.29, 0.717) is 6.42 Å². The van der Waals surface area contributed by atoms with Gasteiger partial charge in [-0.05, 0) is 26.1 Å². The molecule has 0 aliphatic carbocycles. The molecule has 144 valence electrons. The second-order valence-corrected chi connectivity index (χ2v) is 7.44. The highest BCUT2D eigenvalue weighted by molar-refractivity contribution is 5.99. The lowest BCUT2D eigenvalue weighted by Crippen LogP contribution is -2.48. The third-order valence-corrected chi connectivity index (χ3v) is 5.38. The average Bonchev–Trinajstić information content (AvgIpc) is 3.07. The minimum absolute atomic E-state index is 0.0735. The van der Waals surface area contributed by atoms with Crippen LogP contribution in [0.5, 0.6) is 0 Å². The fraction of sp³-hybridized carbons (Fsp3) is 0.474. The molecule has 1 aromatic carbocycles. The van der Waals surface area contributed by atoms with Crippen LogP contribution in [0.15, 0.2) is 36.2 Å². The van der Waals surface area contributed by atoms with Crippen LogP contribution < -0.4 is 21.0 Å². The molecule has 8 nitrogen and oxygen atoms in total. The summed E-state index contributed by atoms with van der Waals surface area (Å²) in [6, 6.07) is 7.12. The van der Waals surface area contributed by atoms with E-state index in [4.69, 9.17) is 0 Å². The summed E-state index contributed by atoms with van der Waals surface area (Å²) in [6.45, 7) is 5.71. The minimum Gasteiger partial charge on any atom is -0.367 e. The number of fused-ring (bicyclic) bond motifs is 1. The van der Waals surface area contributed by atoms with Crippen molar-refractivity contribution in [3.63, 3.8) is 0 Å². The van der Waals surface area contributed by atoms with Gasteiger partial charge in [0.05, 0.1) is 11.4 Å². The molecule has 2 fully saturated rings. The van der Waals surface area contributed by atoms with Crippen molar-refractivity contribution in [1.82, 2.24) is 20.7 Å². The van der Waals surface area contributed by atoms with Crippen LogP contribution >= 0.6 is 0 Å². The predicted molar refractivity (Wildman–Crippen MR) is 104 cm³/mol. The number of hydrazine groups is 1. The normalized spacial score (nSPS) is 25.7. The van der Waals surface area contributed by atoms with Crippen LogP contribution in [0.1, 0.15) is 13.3 Å². The summed E-state index contributed by atoms with van der Waals surface area (Å²) in [5.74, 6) is -0.194. The molecule has 3 aliphatic rings. The molecule has 3 N–H and O–H groups in total. The Morgan fingerprint density at radius 2 is 1.93 bits per heavy atom. The quantitative estimate of drug-likeness (QED) is 0.711. The SMILES string of the molecule is CC1=CN2NC(C(=O)Nc3ccccc3N3CCN(C)CC3)CC2C(=O)N1. The van der Waals surface area contributed by atoms with Gasteiger partial charge in [-0.1, -0.05) is 12.1 Å². The standard InChI is InChI=1S/C19H26N6O2/c1-13-12-25-17(19(27)20-13)11-15(22-25)18(26)21-14-5-3-4-6-16(14)24-9-7-23(2)8-10-24/h3-6,12,15,17,22H,7-11H2,1-2H3,(H,20,27)(H,21,26). The fourth-order valence-electron chi connectivity index (χ4n) is 3.83. The molecule has 27 heavy (non-hydrogen) atoms. The number of rotatable bonds is 3. The number of allylic oxidation sites excluding steroid dienone is 1. The molecule has 2 amide bonds. The van der Waals surface area contributed by atoms with Gasteiger partial charge in [-0.15, -0.1) is 0 Å². The highest BCUT2D eigenvalue weighted by atomic mass is 16.2. The molecular weight excluding hydrogens is 344 g/mol. The first-order valence-corrected chi connectivity index (χ1v) is 9.38. The van der Waals surface area contributed by atoms with E-state index < -0.39 is 6.04 Å². The van der Waals surface area contributed by atoms with Gasteiger partial charge in [-0.3, -0.25) is 9.59 Å². The summed E-state index contributed by atoms with van der Waals surface area (Å²) in [4.78, 5) is 29.6. The molecule has 0 spiro atoms. The molecular formula is C19H26N6O2. The number of nitrogens with one attached hydrogen (secondary N) is 3. The maximum Gasteiger partial charge on any atom is 0.248 e. The zero-order chi connectivity index (χ0) is 19.0. The number of carbonyl (C=O) groups is 2. The van der Waals surface area contributed by atoms with Crippen molar-refractivity contribution in [2.24, 2.45) is 0 Å². The van der Waals surface area contributed by atoms with E-state index >= 15 is 0 Å². The molecule has 3 heterocycles. The summed E-state index contributed by atoms with van der Waals surface area (Å²) in [6.07, 6.45) is 2.27. The first kappa shape index (κ1) is 17.8. The van der Waals surface area contributed by atoms with Crippen LogP contribution in [0.25, 0.3) is 0 Å². The Bertz CT molecular complexity index is 771. The number of piperazine rings is 1. The highest BCUT2D eigenvalue weighted by Crippen LogP contribution is 2.28. The molecule has 4 rings (SSSR count). The van der Waals surface area contributed by atoms with E-state index in [1.54, 1.807) is 5.01 Å². The number of hydrogen-bond donors (Lipinski definition) is 3. The highest BCUT2D eigenvalue weighted by Gasteiger charge is 2.40. The van der Waals surface area contributed by atoms with Crippen molar-refractivity contribution in [3.05, 3.63) is 36.2 Å². The van der Waals surface area contributed by atoms with Gasteiger partial charge >= 0.3 is 0 Å². The molecule has 8 heteroatoms.